The molecule has 2 unspecified atom stereocenters. The van der Waals surface area contributed by atoms with Crippen LogP contribution < -0.4 is 11.1 Å². The van der Waals surface area contributed by atoms with Gasteiger partial charge in [0.2, 0.25) is 5.91 Å². The third-order valence-corrected chi connectivity index (χ3v) is 3.60. The Balaban J connectivity index is 4.05. The number of nitrogens with one attached hydrogen (secondary N) is 1. The first-order valence-electron chi connectivity index (χ1n) is 6.47. The minimum Gasteiger partial charge on any atom is -0.356 e. The molecule has 0 fully saturated rings. The van der Waals surface area contributed by atoms with E-state index in [4.69, 9.17) is 5.73 Å². The molecule has 0 saturated heterocycles. The quantitative estimate of drug-likeness (QED) is 0.796. The number of rotatable bonds is 4. The number of hydrogen-bond acceptors (Lipinski definition) is 2. The van der Waals surface area contributed by atoms with Gasteiger partial charge < -0.3 is 11.1 Å². The third-order valence-electron chi connectivity index (χ3n) is 3.60. The maximum absolute atomic E-state index is 11.7. The Morgan fingerprint density at radius 2 is 1.59 bits per heavy atom. The Hall–Kier alpha value is -0.570. The third kappa shape index (κ3) is 6.67. The molecule has 3 N–H and O–H groups in total. The zero-order chi connectivity index (χ0) is 13.9. The first-order valence-corrected chi connectivity index (χ1v) is 6.47. The van der Waals surface area contributed by atoms with Crippen LogP contribution in [0.4, 0.5) is 0 Å². The largest absolute Gasteiger partial charge is 0.356 e. The topological polar surface area (TPSA) is 55.1 Å². The van der Waals surface area contributed by atoms with Crippen molar-refractivity contribution in [3.8, 4) is 0 Å². The van der Waals surface area contributed by atoms with Crippen molar-refractivity contribution in [2.24, 2.45) is 22.5 Å². The first kappa shape index (κ1) is 16.4. The van der Waals surface area contributed by atoms with Crippen molar-refractivity contribution in [2.45, 2.75) is 60.9 Å². The molecule has 1 amide bonds. The fourth-order valence-corrected chi connectivity index (χ4v) is 1.15. The summed E-state index contributed by atoms with van der Waals surface area (Å²) in [6, 6.07) is -0.0903. The van der Waals surface area contributed by atoms with E-state index in [0.717, 1.165) is 6.54 Å². The molecule has 0 aromatic carbocycles. The Kier molecular flexibility index (Phi) is 5.66. The van der Waals surface area contributed by atoms with Gasteiger partial charge in [0.05, 0.1) is 0 Å². The Morgan fingerprint density at radius 1 is 1.12 bits per heavy atom. The monoisotopic (exact) mass is 242 g/mol. The van der Waals surface area contributed by atoms with Crippen LogP contribution in [-0.2, 0) is 4.79 Å². The lowest BCUT2D eigenvalue weighted by Gasteiger charge is -2.29. The molecule has 0 bridgehead atoms. The molecule has 0 spiro atoms. The lowest BCUT2D eigenvalue weighted by molar-refractivity contribution is -0.122. The van der Waals surface area contributed by atoms with Crippen LogP contribution in [0, 0.1) is 16.7 Å². The lowest BCUT2D eigenvalue weighted by atomic mass is 9.82. The highest BCUT2D eigenvalue weighted by Gasteiger charge is 2.24. The zero-order valence-corrected chi connectivity index (χ0v) is 12.6. The summed E-state index contributed by atoms with van der Waals surface area (Å²) in [5, 5.41) is 2.97. The van der Waals surface area contributed by atoms with E-state index >= 15 is 0 Å². The van der Waals surface area contributed by atoms with Gasteiger partial charge in [-0.25, -0.2) is 0 Å². The molecule has 2 atom stereocenters. The summed E-state index contributed by atoms with van der Waals surface area (Å²) in [6.07, 6.45) is 0.403. The van der Waals surface area contributed by atoms with Crippen LogP contribution in [0.5, 0.6) is 0 Å². The second kappa shape index (κ2) is 5.85. The molecule has 0 aromatic rings. The predicted molar refractivity (Wildman–Crippen MR) is 73.7 cm³/mol. The standard InChI is InChI=1S/C14H30N2O/c1-10(13(2,3)4)9-16-12(17)8-11(15)14(5,6)7/h10-11H,8-9,15H2,1-7H3,(H,16,17). The minimum atomic E-state index is -0.0903. The number of carbonyl (C=O) groups excluding carboxylic acids is 1. The molecule has 0 aliphatic rings. The number of nitrogens with two attached hydrogens (primary N) is 1. The van der Waals surface area contributed by atoms with Gasteiger partial charge in [-0.3, -0.25) is 4.79 Å². The van der Waals surface area contributed by atoms with E-state index in [-0.39, 0.29) is 22.8 Å². The van der Waals surface area contributed by atoms with E-state index in [0.29, 0.717) is 12.3 Å². The summed E-state index contributed by atoms with van der Waals surface area (Å²) >= 11 is 0. The van der Waals surface area contributed by atoms with Gasteiger partial charge in [-0.2, -0.15) is 0 Å². The van der Waals surface area contributed by atoms with Crippen molar-refractivity contribution in [3.63, 3.8) is 0 Å². The van der Waals surface area contributed by atoms with Crippen LogP contribution >= 0.6 is 0 Å². The van der Waals surface area contributed by atoms with Gasteiger partial charge in [0.15, 0.2) is 0 Å². The summed E-state index contributed by atoms with van der Waals surface area (Å²) in [5.41, 5.74) is 6.18. The van der Waals surface area contributed by atoms with Crippen LogP contribution in [0.2, 0.25) is 0 Å². The van der Waals surface area contributed by atoms with Gasteiger partial charge in [0.1, 0.15) is 0 Å². The molecule has 102 valence electrons. The average molecular weight is 242 g/mol. The molecule has 3 heteroatoms. The van der Waals surface area contributed by atoms with Crippen molar-refractivity contribution >= 4 is 5.91 Å². The Morgan fingerprint density at radius 3 is 1.94 bits per heavy atom. The Bertz CT molecular complexity index is 248. The molecule has 0 aliphatic heterocycles. The number of carbonyl (C=O) groups is 1. The number of amides is 1. The van der Waals surface area contributed by atoms with E-state index in [9.17, 15) is 4.79 Å². The summed E-state index contributed by atoms with van der Waals surface area (Å²) in [4.78, 5) is 11.7. The number of hydrogen-bond donors (Lipinski definition) is 2. The fraction of sp³-hybridized carbons (Fsp3) is 0.929. The van der Waals surface area contributed by atoms with Gasteiger partial charge >= 0.3 is 0 Å². The molecule has 3 nitrogen and oxygen atoms in total. The first-order chi connectivity index (χ1) is 7.44. The van der Waals surface area contributed by atoms with E-state index < -0.39 is 0 Å². The predicted octanol–water partition coefficient (Wildman–Crippen LogP) is 2.55. The molecule has 0 radical (unpaired) electrons. The zero-order valence-electron chi connectivity index (χ0n) is 12.6. The Labute approximate surface area is 107 Å². The summed E-state index contributed by atoms with van der Waals surface area (Å²) in [7, 11) is 0. The van der Waals surface area contributed by atoms with Crippen LogP contribution in [0.25, 0.3) is 0 Å². The average Bonchev–Trinajstić information content (AvgIpc) is 2.10. The molecule has 0 heterocycles. The maximum atomic E-state index is 11.7. The van der Waals surface area contributed by atoms with E-state index in [2.05, 4.69) is 53.8 Å². The lowest BCUT2D eigenvalue weighted by Crippen LogP contribution is -2.41. The molecule has 0 rings (SSSR count). The van der Waals surface area contributed by atoms with E-state index in [1.54, 1.807) is 0 Å². The highest BCUT2D eigenvalue weighted by Crippen LogP contribution is 2.24. The molecular formula is C14H30N2O. The highest BCUT2D eigenvalue weighted by atomic mass is 16.1. The van der Waals surface area contributed by atoms with Gasteiger partial charge in [0.25, 0.3) is 0 Å². The molecule has 0 saturated carbocycles. The fourth-order valence-electron chi connectivity index (χ4n) is 1.15. The summed E-state index contributed by atoms with van der Waals surface area (Å²) < 4.78 is 0. The van der Waals surface area contributed by atoms with Crippen LogP contribution in [-0.4, -0.2) is 18.5 Å². The van der Waals surface area contributed by atoms with Crippen molar-refractivity contribution in [1.82, 2.24) is 5.32 Å². The van der Waals surface area contributed by atoms with E-state index in [1.807, 2.05) is 0 Å². The second-order valence-electron chi connectivity index (χ2n) is 7.25. The van der Waals surface area contributed by atoms with E-state index in [1.165, 1.54) is 0 Å². The SMILES string of the molecule is CC(CNC(=O)CC(N)C(C)(C)C)C(C)(C)C. The minimum absolute atomic E-state index is 0.0208. The van der Waals surface area contributed by atoms with Crippen molar-refractivity contribution in [3.05, 3.63) is 0 Å². The smallest absolute Gasteiger partial charge is 0.221 e. The van der Waals surface area contributed by atoms with Crippen molar-refractivity contribution in [1.29, 1.82) is 0 Å². The summed E-state index contributed by atoms with van der Waals surface area (Å²) in [5.74, 6) is 0.515. The van der Waals surface area contributed by atoms with Crippen molar-refractivity contribution < 1.29 is 4.79 Å². The molecular weight excluding hydrogens is 212 g/mol. The molecule has 0 aliphatic carbocycles. The van der Waals surface area contributed by atoms with Crippen LogP contribution in [0.15, 0.2) is 0 Å². The molecule has 17 heavy (non-hydrogen) atoms. The van der Waals surface area contributed by atoms with Crippen molar-refractivity contribution in [2.75, 3.05) is 6.54 Å². The molecule has 0 aromatic heterocycles. The van der Waals surface area contributed by atoms with Gasteiger partial charge in [0, 0.05) is 19.0 Å². The highest BCUT2D eigenvalue weighted by molar-refractivity contribution is 5.76. The van der Waals surface area contributed by atoms with Crippen LogP contribution in [0.1, 0.15) is 54.9 Å². The maximum Gasteiger partial charge on any atom is 0.221 e. The second-order valence-corrected chi connectivity index (χ2v) is 7.25. The normalized spacial score (nSPS) is 16.5. The van der Waals surface area contributed by atoms with Gasteiger partial charge in [-0.15, -0.1) is 0 Å². The van der Waals surface area contributed by atoms with Gasteiger partial charge in [-0.1, -0.05) is 48.5 Å². The van der Waals surface area contributed by atoms with Gasteiger partial charge in [-0.05, 0) is 16.7 Å². The van der Waals surface area contributed by atoms with Crippen LogP contribution in [0.3, 0.4) is 0 Å². The summed E-state index contributed by atoms with van der Waals surface area (Å²) in [6.45, 7) is 15.6.